The number of imidazole rings is 1. The van der Waals surface area contributed by atoms with Crippen LogP contribution < -0.4 is 14.5 Å². The topological polar surface area (TPSA) is 110 Å². The molecule has 0 spiro atoms. The van der Waals surface area contributed by atoms with Crippen LogP contribution in [0, 0.1) is 12.8 Å². The van der Waals surface area contributed by atoms with Crippen molar-refractivity contribution in [3.63, 3.8) is 0 Å². The summed E-state index contributed by atoms with van der Waals surface area (Å²) >= 11 is 0. The van der Waals surface area contributed by atoms with Crippen LogP contribution in [0.2, 0.25) is 0 Å². The minimum absolute atomic E-state index is 0.135. The number of nitrogens with zero attached hydrogens (tertiary/aromatic N) is 5. The van der Waals surface area contributed by atoms with Crippen LogP contribution in [0.25, 0.3) is 11.2 Å². The summed E-state index contributed by atoms with van der Waals surface area (Å²) in [6.07, 6.45) is 7.32. The third-order valence-corrected chi connectivity index (χ3v) is 9.21. The lowest BCUT2D eigenvalue weighted by Gasteiger charge is -2.34. The van der Waals surface area contributed by atoms with Gasteiger partial charge in [-0.15, -0.1) is 0 Å². The number of ether oxygens (including phenoxy) is 1. The van der Waals surface area contributed by atoms with Gasteiger partial charge in [-0.05, 0) is 69.7 Å². The molecule has 3 fully saturated rings. The van der Waals surface area contributed by atoms with Crippen LogP contribution in [-0.4, -0.2) is 61.7 Å². The molecule has 2 aromatic heterocycles. The molecule has 1 aliphatic carbocycles. The number of pyridine rings is 1. The van der Waals surface area contributed by atoms with Gasteiger partial charge in [0.15, 0.2) is 5.65 Å². The first-order chi connectivity index (χ1) is 18.7. The van der Waals surface area contributed by atoms with Crippen molar-refractivity contribution in [2.45, 2.75) is 58.1 Å². The lowest BCUT2D eigenvalue weighted by atomic mass is 10.1. The van der Waals surface area contributed by atoms with Crippen molar-refractivity contribution >= 4 is 49.7 Å². The first-order valence-corrected chi connectivity index (χ1v) is 15.7. The van der Waals surface area contributed by atoms with E-state index in [2.05, 4.69) is 10.2 Å². The normalized spacial score (nSPS) is 19.7. The van der Waals surface area contributed by atoms with Gasteiger partial charge in [0.05, 0.1) is 29.0 Å². The van der Waals surface area contributed by atoms with Crippen LogP contribution in [0.4, 0.5) is 22.7 Å². The third kappa shape index (κ3) is 5.21. The average molecular weight is 553 g/mol. The van der Waals surface area contributed by atoms with Gasteiger partial charge in [0.1, 0.15) is 23.4 Å². The Labute approximate surface area is 229 Å². The zero-order valence-electron chi connectivity index (χ0n) is 22.8. The largest absolute Gasteiger partial charge is 0.371 e. The highest BCUT2D eigenvalue weighted by atomic mass is 32.2. The molecule has 6 rings (SSSR count). The second kappa shape index (κ2) is 10.1. The fraction of sp³-hybridized carbons (Fsp3) is 0.536. The van der Waals surface area contributed by atoms with Gasteiger partial charge >= 0.3 is 0 Å². The first kappa shape index (κ1) is 26.1. The number of ketones is 1. The number of carbonyl (C=O) groups is 1. The molecule has 0 amide bonds. The molecule has 3 aromatic rings. The van der Waals surface area contributed by atoms with Gasteiger partial charge < -0.3 is 15.0 Å². The number of aromatic nitrogens is 3. The van der Waals surface area contributed by atoms with E-state index >= 15 is 0 Å². The Hall–Kier alpha value is -3.18. The fourth-order valence-electron chi connectivity index (χ4n) is 5.39. The lowest BCUT2D eigenvalue weighted by molar-refractivity contribution is -0.119. The Balaban J connectivity index is 1.45. The number of nitrogens with one attached hydrogen (secondary N) is 1. The molecular weight excluding hydrogens is 516 g/mol. The monoisotopic (exact) mass is 552 g/mol. The van der Waals surface area contributed by atoms with Crippen molar-refractivity contribution in [2.75, 3.05) is 47.5 Å². The summed E-state index contributed by atoms with van der Waals surface area (Å²) < 4.78 is 34.6. The zero-order chi connectivity index (χ0) is 27.3. The van der Waals surface area contributed by atoms with Gasteiger partial charge in [0.25, 0.3) is 0 Å². The molecule has 208 valence electrons. The maximum atomic E-state index is 12.8. The lowest BCUT2D eigenvalue weighted by Crippen LogP contribution is -2.37. The van der Waals surface area contributed by atoms with Gasteiger partial charge in [0.2, 0.25) is 10.0 Å². The van der Waals surface area contributed by atoms with Crippen molar-refractivity contribution < 1.29 is 17.9 Å². The number of benzene rings is 1. The number of hydrogen-bond donors (Lipinski definition) is 1. The van der Waals surface area contributed by atoms with Crippen LogP contribution in [0.5, 0.6) is 0 Å². The highest BCUT2D eigenvalue weighted by Gasteiger charge is 2.31. The molecule has 2 saturated heterocycles. The van der Waals surface area contributed by atoms with Crippen molar-refractivity contribution in [1.82, 2.24) is 14.5 Å². The first-order valence-electron chi connectivity index (χ1n) is 13.8. The Morgan fingerprint density at radius 1 is 1.10 bits per heavy atom. The van der Waals surface area contributed by atoms with E-state index in [-0.39, 0.29) is 24.3 Å². The minimum atomic E-state index is -3.51. The summed E-state index contributed by atoms with van der Waals surface area (Å²) in [6.45, 7) is 4.55. The molecule has 1 aromatic carbocycles. The van der Waals surface area contributed by atoms with E-state index in [9.17, 15) is 13.2 Å². The molecule has 10 nitrogen and oxygen atoms in total. The number of carbonyl (C=O) groups excluding carboxylic acids is 1. The highest BCUT2D eigenvalue weighted by Crippen LogP contribution is 2.38. The fourth-order valence-corrected chi connectivity index (χ4v) is 5.90. The van der Waals surface area contributed by atoms with Gasteiger partial charge in [-0.25, -0.2) is 18.4 Å². The maximum Gasteiger partial charge on any atom is 0.232 e. The number of rotatable bonds is 9. The number of Topliss-reactive ketones (excluding diaryl/α,β-unsaturated/α-hetero) is 1. The molecule has 1 unspecified atom stereocenters. The standard InChI is InChI=1S/C28H36N6O4S/c1-18-29-27-23(31-22-11-10-21(33-12-6-13-33)17-24(22)32(2)39(3,36)37)15-20(16-25(35)19-8-9-19)30-28(27)34(18)26-7-4-5-14-38-26/h10-11,15,17,19,26H,4-9,12-14,16H2,1-3H3,(H,30,31). The van der Waals surface area contributed by atoms with Crippen LogP contribution in [0.15, 0.2) is 24.3 Å². The Morgan fingerprint density at radius 2 is 1.90 bits per heavy atom. The quantitative estimate of drug-likeness (QED) is 0.418. The molecule has 1 saturated carbocycles. The summed E-state index contributed by atoms with van der Waals surface area (Å²) in [6, 6.07) is 7.73. The van der Waals surface area contributed by atoms with Crippen molar-refractivity contribution in [3.8, 4) is 0 Å². The molecule has 2 aliphatic heterocycles. The second-order valence-corrected chi connectivity index (χ2v) is 13.0. The molecular formula is C28H36N6O4S. The van der Waals surface area contributed by atoms with E-state index in [0.29, 0.717) is 40.5 Å². The third-order valence-electron chi connectivity index (χ3n) is 8.02. The predicted molar refractivity (Wildman–Crippen MR) is 152 cm³/mol. The molecule has 0 bridgehead atoms. The molecule has 1 atom stereocenters. The predicted octanol–water partition coefficient (Wildman–Crippen LogP) is 4.31. The number of anilines is 4. The van der Waals surface area contributed by atoms with Crippen LogP contribution in [0.3, 0.4) is 0 Å². The summed E-state index contributed by atoms with van der Waals surface area (Å²) in [4.78, 5) is 24.8. The van der Waals surface area contributed by atoms with Gasteiger partial charge in [-0.3, -0.25) is 13.7 Å². The second-order valence-electron chi connectivity index (χ2n) is 11.0. The highest BCUT2D eigenvalue weighted by molar-refractivity contribution is 7.92. The molecule has 3 aliphatic rings. The smallest absolute Gasteiger partial charge is 0.232 e. The number of aryl methyl sites for hydroxylation is 1. The SMILES string of the molecule is Cc1nc2c(Nc3ccc(N4CCC4)cc3N(C)S(C)(=O)=O)cc(CC(=O)C3CC3)nc2n1C1CCCCO1. The van der Waals surface area contributed by atoms with E-state index in [4.69, 9.17) is 14.7 Å². The Morgan fingerprint density at radius 3 is 2.54 bits per heavy atom. The average Bonchev–Trinajstić information content (AvgIpc) is 3.66. The molecule has 0 radical (unpaired) electrons. The zero-order valence-corrected chi connectivity index (χ0v) is 23.6. The molecule has 11 heteroatoms. The van der Waals surface area contributed by atoms with E-state index in [0.717, 1.165) is 63.1 Å². The van der Waals surface area contributed by atoms with E-state index in [1.807, 2.05) is 35.8 Å². The van der Waals surface area contributed by atoms with Crippen LogP contribution in [0.1, 0.15) is 56.3 Å². The summed E-state index contributed by atoms with van der Waals surface area (Å²) in [5.74, 6) is 1.14. The Kier molecular flexibility index (Phi) is 6.74. The van der Waals surface area contributed by atoms with Crippen molar-refractivity contribution in [3.05, 3.63) is 35.8 Å². The van der Waals surface area contributed by atoms with E-state index in [1.54, 1.807) is 7.05 Å². The van der Waals surface area contributed by atoms with Gasteiger partial charge in [-0.2, -0.15) is 0 Å². The van der Waals surface area contributed by atoms with Crippen LogP contribution >= 0.6 is 0 Å². The molecule has 1 N–H and O–H groups in total. The van der Waals surface area contributed by atoms with E-state index in [1.165, 1.54) is 10.6 Å². The van der Waals surface area contributed by atoms with Crippen molar-refractivity contribution in [1.29, 1.82) is 0 Å². The summed E-state index contributed by atoms with van der Waals surface area (Å²) in [7, 11) is -1.94. The summed E-state index contributed by atoms with van der Waals surface area (Å²) in [5, 5.41) is 3.48. The number of hydrogen-bond acceptors (Lipinski definition) is 8. The minimum Gasteiger partial charge on any atom is -0.371 e. The number of fused-ring (bicyclic) bond motifs is 1. The van der Waals surface area contributed by atoms with E-state index < -0.39 is 10.0 Å². The van der Waals surface area contributed by atoms with Gasteiger partial charge in [0, 0.05) is 44.8 Å². The van der Waals surface area contributed by atoms with Crippen molar-refractivity contribution in [2.24, 2.45) is 5.92 Å². The molecule has 4 heterocycles. The number of sulfonamides is 1. The Bertz CT molecular complexity index is 1520. The van der Waals surface area contributed by atoms with Gasteiger partial charge in [-0.1, -0.05) is 0 Å². The maximum absolute atomic E-state index is 12.8. The van der Waals surface area contributed by atoms with Crippen LogP contribution in [-0.2, 0) is 26.0 Å². The molecule has 39 heavy (non-hydrogen) atoms. The summed E-state index contributed by atoms with van der Waals surface area (Å²) in [5.41, 5.74) is 4.89.